The first-order valence-electron chi connectivity index (χ1n) is 5.45. The molecule has 0 atom stereocenters. The number of hydrogen-bond acceptors (Lipinski definition) is 2. The third-order valence-electron chi connectivity index (χ3n) is 1.75. The van der Waals surface area contributed by atoms with Crippen molar-refractivity contribution in [2.75, 3.05) is 0 Å². The van der Waals surface area contributed by atoms with E-state index in [0.717, 1.165) is 10.0 Å². The van der Waals surface area contributed by atoms with E-state index in [4.69, 9.17) is 9.47 Å². The highest BCUT2D eigenvalue weighted by molar-refractivity contribution is 9.10. The average molecular weight is 286 g/mol. The van der Waals surface area contributed by atoms with Gasteiger partial charge in [0, 0.05) is 10.0 Å². The Bertz CT molecular complexity index is 313. The number of rotatable bonds is 5. The second-order valence-electron chi connectivity index (χ2n) is 4.13. The summed E-state index contributed by atoms with van der Waals surface area (Å²) in [6.07, 6.45) is 0.798. The average Bonchev–Trinajstić information content (AvgIpc) is 2.15. The van der Waals surface area contributed by atoms with Crippen molar-refractivity contribution in [3.05, 3.63) is 40.6 Å². The van der Waals surface area contributed by atoms with E-state index in [2.05, 4.69) is 15.9 Å². The van der Waals surface area contributed by atoms with E-state index in [-0.39, 0.29) is 12.2 Å². The SMILES string of the molecule is CC(C)O[C](OC(C)C)c1cccc(Br)c1. The molecule has 1 radical (unpaired) electrons. The first-order valence-corrected chi connectivity index (χ1v) is 6.24. The molecule has 2 nitrogen and oxygen atoms in total. The van der Waals surface area contributed by atoms with Gasteiger partial charge in [0.1, 0.15) is 0 Å². The fraction of sp³-hybridized carbons (Fsp3) is 0.462. The van der Waals surface area contributed by atoms with Crippen molar-refractivity contribution in [3.63, 3.8) is 0 Å². The Labute approximate surface area is 106 Å². The largest absolute Gasteiger partial charge is 0.339 e. The molecule has 3 heteroatoms. The first-order chi connectivity index (χ1) is 7.49. The first kappa shape index (κ1) is 13.7. The van der Waals surface area contributed by atoms with Crippen molar-refractivity contribution in [2.24, 2.45) is 0 Å². The molecule has 0 bridgehead atoms. The third kappa shape index (κ3) is 4.64. The number of ether oxygens (including phenoxy) is 2. The Morgan fingerprint density at radius 3 is 2.06 bits per heavy atom. The van der Waals surface area contributed by atoms with Gasteiger partial charge in [-0.1, -0.05) is 28.1 Å². The molecule has 0 aromatic heterocycles. The van der Waals surface area contributed by atoms with Crippen LogP contribution in [0.4, 0.5) is 0 Å². The summed E-state index contributed by atoms with van der Waals surface area (Å²) in [6.45, 7) is 7.95. The Kier molecular flexibility index (Phi) is 5.46. The molecule has 0 fully saturated rings. The molecule has 0 spiro atoms. The zero-order chi connectivity index (χ0) is 12.1. The van der Waals surface area contributed by atoms with Crippen LogP contribution in [0.15, 0.2) is 28.7 Å². The molecular formula is C13H18BrO2. The fourth-order valence-corrected chi connectivity index (χ4v) is 1.61. The van der Waals surface area contributed by atoms with Gasteiger partial charge < -0.3 is 9.47 Å². The molecule has 0 unspecified atom stereocenters. The van der Waals surface area contributed by atoms with Gasteiger partial charge in [-0.3, -0.25) is 0 Å². The summed E-state index contributed by atoms with van der Waals surface area (Å²) in [7, 11) is 0. The van der Waals surface area contributed by atoms with E-state index in [9.17, 15) is 0 Å². The van der Waals surface area contributed by atoms with Crippen molar-refractivity contribution in [1.29, 1.82) is 0 Å². The number of halogens is 1. The van der Waals surface area contributed by atoms with E-state index >= 15 is 0 Å². The molecular weight excluding hydrogens is 268 g/mol. The predicted octanol–water partition coefficient (Wildman–Crippen LogP) is 4.14. The van der Waals surface area contributed by atoms with Crippen LogP contribution in [0.1, 0.15) is 33.3 Å². The highest BCUT2D eigenvalue weighted by atomic mass is 79.9. The van der Waals surface area contributed by atoms with Gasteiger partial charge in [0.15, 0.2) is 0 Å². The molecule has 16 heavy (non-hydrogen) atoms. The zero-order valence-electron chi connectivity index (χ0n) is 10.2. The summed E-state index contributed by atoms with van der Waals surface area (Å²) >= 11 is 3.44. The molecule has 89 valence electrons. The van der Waals surface area contributed by atoms with E-state index in [1.165, 1.54) is 0 Å². The van der Waals surface area contributed by atoms with Crippen molar-refractivity contribution in [2.45, 2.75) is 39.9 Å². The monoisotopic (exact) mass is 285 g/mol. The summed E-state index contributed by atoms with van der Waals surface area (Å²) in [5.41, 5.74) is 0.955. The van der Waals surface area contributed by atoms with Crippen LogP contribution in [0.2, 0.25) is 0 Å². The van der Waals surface area contributed by atoms with Gasteiger partial charge in [0.2, 0.25) is 0 Å². The molecule has 1 rings (SSSR count). The topological polar surface area (TPSA) is 18.5 Å². The molecule has 0 aliphatic carbocycles. The van der Waals surface area contributed by atoms with Gasteiger partial charge in [-0.25, -0.2) is 0 Å². The Hall–Kier alpha value is -0.380. The molecule has 1 aromatic carbocycles. The van der Waals surface area contributed by atoms with Crippen LogP contribution < -0.4 is 0 Å². The summed E-state index contributed by atoms with van der Waals surface area (Å²) in [5.74, 6) is 0. The van der Waals surface area contributed by atoms with Crippen LogP contribution >= 0.6 is 15.9 Å². The summed E-state index contributed by atoms with van der Waals surface area (Å²) in [5, 5.41) is 0. The highest BCUT2D eigenvalue weighted by Crippen LogP contribution is 2.24. The van der Waals surface area contributed by atoms with Gasteiger partial charge in [-0.05, 0) is 39.8 Å². The molecule has 0 amide bonds. The lowest BCUT2D eigenvalue weighted by atomic mass is 10.2. The maximum Gasteiger partial charge on any atom is 0.256 e. The second kappa shape index (κ2) is 6.38. The zero-order valence-corrected chi connectivity index (χ0v) is 11.7. The lowest BCUT2D eigenvalue weighted by molar-refractivity contribution is -0.0729. The van der Waals surface area contributed by atoms with E-state index < -0.39 is 0 Å². The van der Waals surface area contributed by atoms with Crippen molar-refractivity contribution in [1.82, 2.24) is 0 Å². The van der Waals surface area contributed by atoms with Crippen molar-refractivity contribution < 1.29 is 9.47 Å². The lowest BCUT2D eigenvalue weighted by Crippen LogP contribution is -2.18. The van der Waals surface area contributed by atoms with Crippen molar-refractivity contribution >= 4 is 15.9 Å². The van der Waals surface area contributed by atoms with Gasteiger partial charge in [-0.15, -0.1) is 0 Å². The molecule has 0 N–H and O–H groups in total. The van der Waals surface area contributed by atoms with Crippen LogP contribution in [0.3, 0.4) is 0 Å². The van der Waals surface area contributed by atoms with Crippen LogP contribution in [-0.2, 0) is 9.47 Å². The van der Waals surface area contributed by atoms with Crippen molar-refractivity contribution in [3.8, 4) is 0 Å². The lowest BCUT2D eigenvalue weighted by Gasteiger charge is -2.21. The Morgan fingerprint density at radius 1 is 1.06 bits per heavy atom. The minimum Gasteiger partial charge on any atom is -0.339 e. The summed E-state index contributed by atoms with van der Waals surface area (Å²) in [4.78, 5) is 0. The second-order valence-corrected chi connectivity index (χ2v) is 5.05. The van der Waals surface area contributed by atoms with Gasteiger partial charge in [0.05, 0.1) is 12.2 Å². The Morgan fingerprint density at radius 2 is 1.62 bits per heavy atom. The van der Waals surface area contributed by atoms with Crippen LogP contribution in [0.25, 0.3) is 0 Å². The smallest absolute Gasteiger partial charge is 0.256 e. The van der Waals surface area contributed by atoms with Crippen LogP contribution in [0, 0.1) is 6.29 Å². The Balaban J connectivity index is 2.82. The van der Waals surface area contributed by atoms with Gasteiger partial charge in [-0.2, -0.15) is 0 Å². The van der Waals surface area contributed by atoms with E-state index in [1.54, 1.807) is 0 Å². The normalized spacial score (nSPS) is 11.8. The minimum absolute atomic E-state index is 0.104. The van der Waals surface area contributed by atoms with Gasteiger partial charge >= 0.3 is 0 Å². The van der Waals surface area contributed by atoms with E-state index in [1.807, 2.05) is 52.0 Å². The molecule has 0 aliphatic rings. The minimum atomic E-state index is 0.104. The highest BCUT2D eigenvalue weighted by Gasteiger charge is 2.18. The molecule has 1 aromatic rings. The molecule has 0 saturated heterocycles. The number of hydrogen-bond donors (Lipinski definition) is 0. The number of benzene rings is 1. The quantitative estimate of drug-likeness (QED) is 0.810. The summed E-state index contributed by atoms with van der Waals surface area (Å²) in [6, 6.07) is 7.91. The van der Waals surface area contributed by atoms with E-state index in [0.29, 0.717) is 6.29 Å². The molecule has 0 aliphatic heterocycles. The van der Waals surface area contributed by atoms with Crippen LogP contribution in [-0.4, -0.2) is 12.2 Å². The summed E-state index contributed by atoms with van der Waals surface area (Å²) < 4.78 is 12.4. The fourth-order valence-electron chi connectivity index (χ4n) is 1.21. The molecule has 0 saturated carbocycles. The van der Waals surface area contributed by atoms with Crippen LogP contribution in [0.5, 0.6) is 0 Å². The van der Waals surface area contributed by atoms with Gasteiger partial charge in [0.25, 0.3) is 6.29 Å². The predicted molar refractivity (Wildman–Crippen MR) is 68.9 cm³/mol. The standard InChI is InChI=1S/C13H18BrO2/c1-9(2)15-13(16-10(3)4)11-6-5-7-12(14)8-11/h5-10H,1-4H3. The molecule has 0 heterocycles. The maximum absolute atomic E-state index is 5.68. The third-order valence-corrected chi connectivity index (χ3v) is 2.24. The maximum atomic E-state index is 5.68.